The van der Waals surface area contributed by atoms with Crippen LogP contribution in [0.15, 0.2) is 60.2 Å². The zero-order chi connectivity index (χ0) is 13.7. The highest BCUT2D eigenvalue weighted by molar-refractivity contribution is 6.06. The molecule has 19 heavy (non-hydrogen) atoms. The second kappa shape index (κ2) is 5.87. The van der Waals surface area contributed by atoms with Gasteiger partial charge in [-0.15, -0.1) is 0 Å². The van der Waals surface area contributed by atoms with Crippen LogP contribution in [0.4, 0.5) is 5.69 Å². The van der Waals surface area contributed by atoms with Crippen molar-refractivity contribution in [2.45, 2.75) is 6.92 Å². The first-order chi connectivity index (χ1) is 9.15. The molecule has 0 aliphatic rings. The summed E-state index contributed by atoms with van der Waals surface area (Å²) in [5.74, 6) is -0.0584. The fourth-order valence-electron chi connectivity index (χ4n) is 1.68. The number of carbonyl (C=O) groups excluding carboxylic acids is 1. The third-order valence-electron chi connectivity index (χ3n) is 2.64. The molecule has 0 atom stereocenters. The molecule has 0 unspecified atom stereocenters. The van der Waals surface area contributed by atoms with Gasteiger partial charge in [0.15, 0.2) is 0 Å². The lowest BCUT2D eigenvalue weighted by Gasteiger charge is -2.05. The first-order valence-electron chi connectivity index (χ1n) is 5.99. The smallest absolute Gasteiger partial charge is 0.251 e. The predicted octanol–water partition coefficient (Wildman–Crippen LogP) is 3.43. The Hall–Kier alpha value is -2.55. The van der Waals surface area contributed by atoms with Gasteiger partial charge < -0.3 is 10.4 Å². The number of phenolic OH excluding ortho intramolecular Hbond substituents is 1. The number of amides is 1. The molecule has 0 aliphatic heterocycles. The third-order valence-corrected chi connectivity index (χ3v) is 2.64. The maximum Gasteiger partial charge on any atom is 0.251 e. The highest BCUT2D eigenvalue weighted by atomic mass is 16.3. The summed E-state index contributed by atoms with van der Waals surface area (Å²) in [6.45, 7) is 1.76. The van der Waals surface area contributed by atoms with Crippen LogP contribution in [0.3, 0.4) is 0 Å². The number of benzene rings is 2. The van der Waals surface area contributed by atoms with E-state index in [-0.39, 0.29) is 11.7 Å². The molecule has 0 saturated carbocycles. The fourth-order valence-corrected chi connectivity index (χ4v) is 1.68. The highest BCUT2D eigenvalue weighted by Gasteiger charge is 2.05. The Morgan fingerprint density at radius 2 is 1.84 bits per heavy atom. The van der Waals surface area contributed by atoms with E-state index in [1.165, 1.54) is 6.07 Å². The van der Waals surface area contributed by atoms with Crippen LogP contribution in [0.25, 0.3) is 6.08 Å². The number of aromatic hydroxyl groups is 1. The van der Waals surface area contributed by atoms with E-state index in [1.807, 2.05) is 36.4 Å². The summed E-state index contributed by atoms with van der Waals surface area (Å²) >= 11 is 0. The van der Waals surface area contributed by atoms with E-state index in [9.17, 15) is 9.90 Å². The van der Waals surface area contributed by atoms with Crippen LogP contribution in [0.5, 0.6) is 5.75 Å². The van der Waals surface area contributed by atoms with Crippen LogP contribution >= 0.6 is 0 Å². The van der Waals surface area contributed by atoms with E-state index in [0.29, 0.717) is 11.3 Å². The topological polar surface area (TPSA) is 49.3 Å². The number of hydrogen-bond donors (Lipinski definition) is 2. The third kappa shape index (κ3) is 3.71. The van der Waals surface area contributed by atoms with E-state index in [2.05, 4.69) is 5.32 Å². The summed E-state index contributed by atoms with van der Waals surface area (Å²) in [4.78, 5) is 12.0. The quantitative estimate of drug-likeness (QED) is 0.823. The Morgan fingerprint density at radius 3 is 2.53 bits per heavy atom. The predicted molar refractivity (Wildman–Crippen MR) is 76.8 cm³/mol. The normalized spacial score (nSPS) is 11.1. The van der Waals surface area contributed by atoms with Crippen molar-refractivity contribution in [3.63, 3.8) is 0 Å². The number of nitrogens with one attached hydrogen (secondary N) is 1. The minimum atomic E-state index is -0.186. The SMILES string of the molecule is C/C(=C\c1ccccc1)C(=O)Nc1cccc(O)c1. The van der Waals surface area contributed by atoms with Gasteiger partial charge in [0.05, 0.1) is 0 Å². The molecule has 1 amide bonds. The largest absolute Gasteiger partial charge is 0.508 e. The lowest BCUT2D eigenvalue weighted by molar-refractivity contribution is -0.112. The summed E-state index contributed by atoms with van der Waals surface area (Å²) in [5, 5.41) is 12.1. The maximum atomic E-state index is 12.0. The van der Waals surface area contributed by atoms with Crippen LogP contribution < -0.4 is 5.32 Å². The molecular formula is C16H15NO2. The number of anilines is 1. The molecule has 2 N–H and O–H groups in total. The molecular weight excluding hydrogens is 238 g/mol. The van der Waals surface area contributed by atoms with Gasteiger partial charge in [0.2, 0.25) is 0 Å². The zero-order valence-corrected chi connectivity index (χ0v) is 10.6. The van der Waals surface area contributed by atoms with Gasteiger partial charge >= 0.3 is 0 Å². The van der Waals surface area contributed by atoms with Crippen molar-refractivity contribution in [3.05, 3.63) is 65.7 Å². The number of rotatable bonds is 3. The number of hydrogen-bond acceptors (Lipinski definition) is 2. The minimum Gasteiger partial charge on any atom is -0.508 e. The first kappa shape index (κ1) is 12.9. The molecule has 2 rings (SSSR count). The summed E-state index contributed by atoms with van der Waals surface area (Å²) in [6.07, 6.45) is 1.82. The van der Waals surface area contributed by atoms with Crippen LogP contribution in [0.2, 0.25) is 0 Å². The van der Waals surface area contributed by atoms with Gasteiger partial charge in [0.25, 0.3) is 5.91 Å². The monoisotopic (exact) mass is 253 g/mol. The summed E-state index contributed by atoms with van der Waals surface area (Å²) in [5.41, 5.74) is 2.16. The standard InChI is InChI=1S/C16H15NO2/c1-12(10-13-6-3-2-4-7-13)16(19)17-14-8-5-9-15(18)11-14/h2-11,18H,1H3,(H,17,19)/b12-10+. The van der Waals surface area contributed by atoms with Crippen molar-refractivity contribution in [1.29, 1.82) is 0 Å². The Morgan fingerprint density at radius 1 is 1.11 bits per heavy atom. The van der Waals surface area contributed by atoms with Crippen LogP contribution in [-0.2, 0) is 4.79 Å². The van der Waals surface area contributed by atoms with Crippen molar-refractivity contribution in [2.24, 2.45) is 0 Å². The van der Waals surface area contributed by atoms with E-state index in [4.69, 9.17) is 0 Å². The van der Waals surface area contributed by atoms with Crippen LogP contribution in [0.1, 0.15) is 12.5 Å². The van der Waals surface area contributed by atoms with Crippen molar-refractivity contribution in [3.8, 4) is 5.75 Å². The van der Waals surface area contributed by atoms with Gasteiger partial charge in [0.1, 0.15) is 5.75 Å². The Kier molecular flexibility index (Phi) is 3.98. The average molecular weight is 253 g/mol. The van der Waals surface area contributed by atoms with E-state index >= 15 is 0 Å². The first-order valence-corrected chi connectivity index (χ1v) is 5.99. The molecule has 0 aliphatic carbocycles. The summed E-state index contributed by atoms with van der Waals surface area (Å²) in [6, 6.07) is 16.1. The Bertz CT molecular complexity index is 603. The minimum absolute atomic E-state index is 0.127. The van der Waals surface area contributed by atoms with Gasteiger partial charge in [-0.2, -0.15) is 0 Å². The molecule has 0 aromatic heterocycles. The Balaban J connectivity index is 2.10. The molecule has 0 radical (unpaired) electrons. The molecule has 0 bridgehead atoms. The lowest BCUT2D eigenvalue weighted by Crippen LogP contribution is -2.12. The molecule has 3 heteroatoms. The van der Waals surface area contributed by atoms with Crippen molar-refractivity contribution >= 4 is 17.7 Å². The summed E-state index contributed by atoms with van der Waals surface area (Å²) in [7, 11) is 0. The van der Waals surface area contributed by atoms with Gasteiger partial charge in [-0.3, -0.25) is 4.79 Å². The fraction of sp³-hybridized carbons (Fsp3) is 0.0625. The van der Waals surface area contributed by atoms with Crippen LogP contribution in [-0.4, -0.2) is 11.0 Å². The van der Waals surface area contributed by atoms with E-state index in [0.717, 1.165) is 5.56 Å². The lowest BCUT2D eigenvalue weighted by atomic mass is 10.1. The van der Waals surface area contributed by atoms with E-state index < -0.39 is 0 Å². The van der Waals surface area contributed by atoms with Crippen molar-refractivity contribution in [2.75, 3.05) is 5.32 Å². The second-order valence-corrected chi connectivity index (χ2v) is 4.24. The van der Waals surface area contributed by atoms with Crippen molar-refractivity contribution in [1.82, 2.24) is 0 Å². The van der Waals surface area contributed by atoms with E-state index in [1.54, 1.807) is 25.1 Å². The molecule has 96 valence electrons. The molecule has 3 nitrogen and oxygen atoms in total. The summed E-state index contributed by atoms with van der Waals surface area (Å²) < 4.78 is 0. The second-order valence-electron chi connectivity index (χ2n) is 4.24. The van der Waals surface area contributed by atoms with Gasteiger partial charge in [-0.25, -0.2) is 0 Å². The zero-order valence-electron chi connectivity index (χ0n) is 10.6. The number of carbonyl (C=O) groups is 1. The van der Waals surface area contributed by atoms with Crippen LogP contribution in [0, 0.1) is 0 Å². The molecule has 2 aromatic rings. The molecule has 0 fully saturated rings. The average Bonchev–Trinajstić information content (AvgIpc) is 2.40. The Labute approximate surface area is 112 Å². The molecule has 2 aromatic carbocycles. The number of phenols is 1. The maximum absolute atomic E-state index is 12.0. The highest BCUT2D eigenvalue weighted by Crippen LogP contribution is 2.16. The molecule has 0 saturated heterocycles. The van der Waals surface area contributed by atoms with Gasteiger partial charge in [-0.1, -0.05) is 36.4 Å². The van der Waals surface area contributed by atoms with Crippen molar-refractivity contribution < 1.29 is 9.90 Å². The molecule has 0 heterocycles. The van der Waals surface area contributed by atoms with Gasteiger partial charge in [-0.05, 0) is 30.7 Å². The van der Waals surface area contributed by atoms with Gasteiger partial charge in [0, 0.05) is 17.3 Å². The molecule has 0 spiro atoms.